The van der Waals surface area contributed by atoms with Crippen molar-refractivity contribution in [2.24, 2.45) is 0 Å². The molecule has 3 N–H and O–H groups in total. The summed E-state index contributed by atoms with van der Waals surface area (Å²) < 4.78 is 0. The predicted octanol–water partition coefficient (Wildman–Crippen LogP) is 5.50. The van der Waals surface area contributed by atoms with Crippen LogP contribution in [0.3, 0.4) is 0 Å². The summed E-state index contributed by atoms with van der Waals surface area (Å²) in [5.41, 5.74) is 6.68. The number of thiophene rings is 1. The molecule has 0 amide bonds. The molecule has 0 aliphatic carbocycles. The average molecular weight is 373 g/mol. The number of phenols is 1. The maximum atomic E-state index is 10.4. The van der Waals surface area contributed by atoms with Gasteiger partial charge in [-0.2, -0.15) is 0 Å². The molecule has 4 heteroatoms. The smallest absolute Gasteiger partial charge is 0.121 e. The minimum Gasteiger partial charge on any atom is -0.507 e. The summed E-state index contributed by atoms with van der Waals surface area (Å²) in [5, 5.41) is 32.6. The Hall–Kier alpha value is -1.84. The molecule has 1 heterocycles. The lowest BCUT2D eigenvalue weighted by atomic mass is 9.99. The first-order chi connectivity index (χ1) is 12.4. The van der Waals surface area contributed by atoms with Gasteiger partial charge in [0.1, 0.15) is 5.75 Å². The molecule has 1 aromatic heterocycles. The molecule has 2 atom stereocenters. The number of aromatic hydroxyl groups is 1. The van der Waals surface area contributed by atoms with Gasteiger partial charge >= 0.3 is 0 Å². The van der Waals surface area contributed by atoms with E-state index in [9.17, 15) is 15.3 Å². The van der Waals surface area contributed by atoms with Crippen molar-refractivity contribution in [3.8, 4) is 5.75 Å². The second kappa shape index (κ2) is 9.75. The summed E-state index contributed by atoms with van der Waals surface area (Å²) in [6, 6.07) is 7.53. The minimum absolute atomic E-state index is 0.282. The van der Waals surface area contributed by atoms with Crippen molar-refractivity contribution in [1.29, 1.82) is 0 Å². The molecule has 2 aromatic rings. The zero-order valence-corrected chi connectivity index (χ0v) is 16.5. The molecule has 0 radical (unpaired) electrons. The largest absolute Gasteiger partial charge is 0.507 e. The third kappa shape index (κ3) is 5.58. The molecule has 0 aliphatic rings. The highest BCUT2D eigenvalue weighted by molar-refractivity contribution is 7.10. The van der Waals surface area contributed by atoms with Gasteiger partial charge in [-0.05, 0) is 72.2 Å². The van der Waals surface area contributed by atoms with Gasteiger partial charge in [0.2, 0.25) is 0 Å². The van der Waals surface area contributed by atoms with E-state index in [1.54, 1.807) is 11.3 Å². The van der Waals surface area contributed by atoms with Crippen LogP contribution >= 0.6 is 11.3 Å². The van der Waals surface area contributed by atoms with Crippen LogP contribution in [0.1, 0.15) is 66.4 Å². The molecular weight excluding hydrogens is 344 g/mol. The topological polar surface area (TPSA) is 60.7 Å². The molecule has 0 aliphatic heterocycles. The number of hydrogen-bond acceptors (Lipinski definition) is 4. The Labute approximate surface area is 160 Å². The van der Waals surface area contributed by atoms with Gasteiger partial charge in [-0.15, -0.1) is 17.1 Å². The van der Waals surface area contributed by atoms with Crippen molar-refractivity contribution in [3.05, 3.63) is 68.6 Å². The van der Waals surface area contributed by atoms with Gasteiger partial charge in [0.25, 0.3) is 0 Å². The molecule has 3 nitrogen and oxygen atoms in total. The average Bonchev–Trinajstić information content (AvgIpc) is 3.14. The SMILES string of the molecule is CCCC(=C=CC[C@@H](O)c1cc(C)c(O)c(C)c1)C[C@@H](O)c1cccs1. The quantitative estimate of drug-likeness (QED) is 0.536. The fourth-order valence-electron chi connectivity index (χ4n) is 2.98. The Morgan fingerprint density at radius 3 is 2.46 bits per heavy atom. The van der Waals surface area contributed by atoms with Gasteiger partial charge in [-0.25, -0.2) is 0 Å². The highest BCUT2D eigenvalue weighted by atomic mass is 32.1. The Bertz CT molecular complexity index is 748. The van der Waals surface area contributed by atoms with E-state index in [2.05, 4.69) is 12.7 Å². The van der Waals surface area contributed by atoms with Crippen molar-refractivity contribution < 1.29 is 15.3 Å². The minimum atomic E-state index is -0.634. The molecule has 0 saturated heterocycles. The summed E-state index contributed by atoms with van der Waals surface area (Å²) in [4.78, 5) is 0.968. The van der Waals surface area contributed by atoms with Gasteiger partial charge in [0.05, 0.1) is 12.2 Å². The monoisotopic (exact) mass is 372 g/mol. The summed E-state index contributed by atoms with van der Waals surface area (Å²) in [7, 11) is 0. The van der Waals surface area contributed by atoms with E-state index in [0.29, 0.717) is 12.8 Å². The van der Waals surface area contributed by atoms with Crippen LogP contribution in [0.5, 0.6) is 5.75 Å². The van der Waals surface area contributed by atoms with Crippen LogP contribution in [0.15, 0.2) is 47.0 Å². The van der Waals surface area contributed by atoms with Crippen LogP contribution in [0.25, 0.3) is 0 Å². The van der Waals surface area contributed by atoms with Crippen LogP contribution in [0.4, 0.5) is 0 Å². The zero-order valence-electron chi connectivity index (χ0n) is 15.7. The van der Waals surface area contributed by atoms with E-state index >= 15 is 0 Å². The number of rotatable bonds is 8. The molecule has 0 saturated carbocycles. The van der Waals surface area contributed by atoms with Crippen molar-refractivity contribution in [3.63, 3.8) is 0 Å². The molecule has 0 bridgehead atoms. The van der Waals surface area contributed by atoms with Gasteiger partial charge < -0.3 is 15.3 Å². The fraction of sp³-hybridized carbons (Fsp3) is 0.409. The van der Waals surface area contributed by atoms with Crippen molar-refractivity contribution in [2.45, 2.75) is 58.7 Å². The molecule has 26 heavy (non-hydrogen) atoms. The Morgan fingerprint density at radius 2 is 1.88 bits per heavy atom. The van der Waals surface area contributed by atoms with Crippen LogP contribution in [-0.4, -0.2) is 15.3 Å². The first kappa shape index (κ1) is 20.5. The molecule has 140 valence electrons. The Balaban J connectivity index is 2.08. The van der Waals surface area contributed by atoms with E-state index in [0.717, 1.165) is 40.0 Å². The van der Waals surface area contributed by atoms with Crippen molar-refractivity contribution >= 4 is 11.3 Å². The van der Waals surface area contributed by atoms with Gasteiger partial charge in [-0.3, -0.25) is 0 Å². The Morgan fingerprint density at radius 1 is 1.19 bits per heavy atom. The summed E-state index contributed by atoms with van der Waals surface area (Å²) in [5.74, 6) is 0.282. The number of aliphatic hydroxyl groups is 2. The second-order valence-electron chi connectivity index (χ2n) is 6.69. The van der Waals surface area contributed by atoms with Crippen molar-refractivity contribution in [1.82, 2.24) is 0 Å². The number of hydrogen-bond donors (Lipinski definition) is 3. The van der Waals surface area contributed by atoms with E-state index in [-0.39, 0.29) is 5.75 Å². The molecule has 2 rings (SSSR count). The predicted molar refractivity (Wildman–Crippen MR) is 108 cm³/mol. The molecule has 0 spiro atoms. The van der Waals surface area contributed by atoms with Gasteiger partial charge in [0, 0.05) is 17.7 Å². The lowest BCUT2D eigenvalue weighted by Crippen LogP contribution is -1.98. The van der Waals surface area contributed by atoms with Crippen molar-refractivity contribution in [2.75, 3.05) is 0 Å². The second-order valence-corrected chi connectivity index (χ2v) is 7.67. The van der Waals surface area contributed by atoms with Crippen LogP contribution in [-0.2, 0) is 0 Å². The number of aliphatic hydroxyl groups excluding tert-OH is 2. The summed E-state index contributed by atoms with van der Waals surface area (Å²) in [6.07, 6.45) is 3.62. The maximum absolute atomic E-state index is 10.4. The zero-order chi connectivity index (χ0) is 19.1. The van der Waals surface area contributed by atoms with Crippen LogP contribution < -0.4 is 0 Å². The maximum Gasteiger partial charge on any atom is 0.121 e. The summed E-state index contributed by atoms with van der Waals surface area (Å²) in [6.45, 7) is 5.77. The van der Waals surface area contributed by atoms with Crippen LogP contribution in [0.2, 0.25) is 0 Å². The summed E-state index contributed by atoms with van der Waals surface area (Å²) >= 11 is 1.56. The Kier molecular flexibility index (Phi) is 7.67. The van der Waals surface area contributed by atoms with E-state index < -0.39 is 12.2 Å². The fourth-order valence-corrected chi connectivity index (χ4v) is 3.69. The molecule has 1 aromatic carbocycles. The number of phenolic OH excluding ortho intramolecular Hbond substituents is 1. The standard InChI is InChI=1S/C22H28O3S/c1-4-7-17(14-20(24)21-10-6-11-26-21)8-5-9-19(23)18-12-15(2)22(25)16(3)13-18/h5-6,10-13,19-20,23-25H,4,7,9,14H2,1-3H3/t8?,19-,20-/m1/s1. The lowest BCUT2D eigenvalue weighted by Gasteiger charge is -2.12. The lowest BCUT2D eigenvalue weighted by molar-refractivity contribution is 0.180. The number of aryl methyl sites for hydroxylation is 2. The third-order valence-corrected chi connectivity index (χ3v) is 5.38. The normalized spacial score (nSPS) is 13.1. The van der Waals surface area contributed by atoms with E-state index in [4.69, 9.17) is 0 Å². The number of benzene rings is 1. The highest BCUT2D eigenvalue weighted by Crippen LogP contribution is 2.28. The van der Waals surface area contributed by atoms with Gasteiger partial charge in [-0.1, -0.05) is 19.4 Å². The molecule has 0 unspecified atom stereocenters. The molecule has 0 fully saturated rings. The van der Waals surface area contributed by atoms with Crippen LogP contribution in [0, 0.1) is 13.8 Å². The molecular formula is C22H28O3S. The third-order valence-electron chi connectivity index (χ3n) is 4.41. The highest BCUT2D eigenvalue weighted by Gasteiger charge is 2.12. The first-order valence-corrected chi connectivity index (χ1v) is 9.92. The first-order valence-electron chi connectivity index (χ1n) is 9.04. The van der Waals surface area contributed by atoms with E-state index in [1.807, 2.05) is 49.6 Å². The van der Waals surface area contributed by atoms with E-state index in [1.165, 1.54) is 0 Å². The van der Waals surface area contributed by atoms with Gasteiger partial charge in [0.15, 0.2) is 0 Å².